The highest BCUT2D eigenvalue weighted by atomic mass is 35.5. The van der Waals surface area contributed by atoms with Crippen molar-refractivity contribution >= 4 is 22.4 Å². The Bertz CT molecular complexity index is 774. The summed E-state index contributed by atoms with van der Waals surface area (Å²) in [5, 5.41) is 5.75. The van der Waals surface area contributed by atoms with Crippen LogP contribution >= 0.6 is 11.6 Å². The van der Waals surface area contributed by atoms with Gasteiger partial charge >= 0.3 is 0 Å². The van der Waals surface area contributed by atoms with Gasteiger partial charge in [0.25, 0.3) is 0 Å². The van der Waals surface area contributed by atoms with Crippen LogP contribution in [0.1, 0.15) is 5.69 Å². The van der Waals surface area contributed by atoms with Gasteiger partial charge in [0.05, 0.1) is 10.7 Å². The van der Waals surface area contributed by atoms with Crippen molar-refractivity contribution < 1.29 is 4.74 Å². The van der Waals surface area contributed by atoms with Gasteiger partial charge in [-0.3, -0.25) is 0 Å². The maximum Gasteiger partial charge on any atom is 0.227 e. The van der Waals surface area contributed by atoms with Crippen LogP contribution in [-0.4, -0.2) is 12.0 Å². The first-order chi connectivity index (χ1) is 10.3. The monoisotopic (exact) mass is 298 g/mol. The van der Waals surface area contributed by atoms with E-state index in [1.165, 1.54) is 0 Å². The average Bonchev–Trinajstić information content (AvgIpc) is 2.50. The van der Waals surface area contributed by atoms with Crippen LogP contribution < -0.4 is 10.1 Å². The molecule has 1 aromatic heterocycles. The molecule has 0 saturated heterocycles. The molecule has 0 unspecified atom stereocenters. The Morgan fingerprint density at radius 2 is 1.86 bits per heavy atom. The van der Waals surface area contributed by atoms with Crippen LogP contribution in [0, 0.1) is 0 Å². The Balaban J connectivity index is 2.09. The number of nitrogens with zero attached hydrogens (tertiary/aromatic N) is 1. The molecular formula is C17H15ClN2O. The molecule has 3 rings (SSSR count). The SMILES string of the molecule is CNCc1cc2ccccc2c(Oc2ccccc2Cl)n1. The van der Waals surface area contributed by atoms with Crippen LogP contribution in [0.4, 0.5) is 0 Å². The predicted molar refractivity (Wildman–Crippen MR) is 86.0 cm³/mol. The molecule has 0 saturated carbocycles. The summed E-state index contributed by atoms with van der Waals surface area (Å²) < 4.78 is 5.94. The zero-order valence-corrected chi connectivity index (χ0v) is 12.4. The van der Waals surface area contributed by atoms with E-state index in [9.17, 15) is 0 Å². The highest BCUT2D eigenvalue weighted by Crippen LogP contribution is 2.32. The van der Waals surface area contributed by atoms with Crippen LogP contribution in [0.25, 0.3) is 10.8 Å². The molecule has 0 bridgehead atoms. The molecule has 0 aliphatic heterocycles. The van der Waals surface area contributed by atoms with Gasteiger partial charge in [0.2, 0.25) is 5.88 Å². The molecule has 21 heavy (non-hydrogen) atoms. The lowest BCUT2D eigenvalue weighted by Gasteiger charge is -2.11. The highest BCUT2D eigenvalue weighted by molar-refractivity contribution is 6.32. The summed E-state index contributed by atoms with van der Waals surface area (Å²) in [5.41, 5.74) is 0.929. The van der Waals surface area contributed by atoms with Gasteiger partial charge in [-0.1, -0.05) is 41.9 Å². The quantitative estimate of drug-likeness (QED) is 0.775. The number of ether oxygens (including phenoxy) is 1. The van der Waals surface area contributed by atoms with Crippen molar-refractivity contribution in [3.05, 3.63) is 65.3 Å². The number of nitrogens with one attached hydrogen (secondary N) is 1. The maximum atomic E-state index is 6.16. The Hall–Kier alpha value is -2.10. The van der Waals surface area contributed by atoms with Crippen LogP contribution in [0.2, 0.25) is 5.02 Å². The van der Waals surface area contributed by atoms with Crippen LogP contribution in [0.3, 0.4) is 0 Å². The summed E-state index contributed by atoms with van der Waals surface area (Å²) in [5.74, 6) is 1.19. The standard InChI is InChI=1S/C17H15ClN2O/c1-19-11-13-10-12-6-2-3-7-14(12)17(20-13)21-16-9-5-4-8-15(16)18/h2-10,19H,11H2,1H3. The third-order valence-electron chi connectivity index (χ3n) is 3.16. The van der Waals surface area contributed by atoms with Crippen LogP contribution in [0.15, 0.2) is 54.6 Å². The second-order valence-electron chi connectivity index (χ2n) is 4.70. The lowest BCUT2D eigenvalue weighted by Crippen LogP contribution is -2.07. The third-order valence-corrected chi connectivity index (χ3v) is 3.47. The van der Waals surface area contributed by atoms with Crippen molar-refractivity contribution in [2.24, 2.45) is 0 Å². The number of para-hydroxylation sites is 1. The van der Waals surface area contributed by atoms with E-state index in [0.717, 1.165) is 16.5 Å². The molecule has 0 atom stereocenters. The second kappa shape index (κ2) is 6.12. The molecule has 0 aliphatic rings. The third kappa shape index (κ3) is 2.99. The molecule has 4 heteroatoms. The zero-order chi connectivity index (χ0) is 14.7. The first-order valence-electron chi connectivity index (χ1n) is 6.73. The molecule has 3 nitrogen and oxygen atoms in total. The molecule has 0 amide bonds. The van der Waals surface area contributed by atoms with Gasteiger partial charge in [-0.15, -0.1) is 0 Å². The number of pyridine rings is 1. The maximum absolute atomic E-state index is 6.16. The van der Waals surface area contributed by atoms with E-state index >= 15 is 0 Å². The number of hydrogen-bond acceptors (Lipinski definition) is 3. The minimum absolute atomic E-state index is 0.572. The van der Waals surface area contributed by atoms with Crippen LogP contribution in [0.5, 0.6) is 11.6 Å². The number of halogens is 1. The lowest BCUT2D eigenvalue weighted by atomic mass is 10.1. The van der Waals surface area contributed by atoms with Crippen molar-refractivity contribution in [2.75, 3.05) is 7.05 Å². The van der Waals surface area contributed by atoms with E-state index in [1.54, 1.807) is 6.07 Å². The Kier molecular flexibility index (Phi) is 4.04. The fourth-order valence-electron chi connectivity index (χ4n) is 2.20. The first-order valence-corrected chi connectivity index (χ1v) is 7.11. The Morgan fingerprint density at radius 1 is 1.10 bits per heavy atom. The van der Waals surface area contributed by atoms with Gasteiger partial charge in [0, 0.05) is 11.9 Å². The molecule has 0 spiro atoms. The number of hydrogen-bond donors (Lipinski definition) is 1. The first kappa shape index (κ1) is 13.9. The van der Waals surface area contributed by atoms with E-state index in [0.29, 0.717) is 23.2 Å². The van der Waals surface area contributed by atoms with Crippen molar-refractivity contribution in [1.82, 2.24) is 10.3 Å². The largest absolute Gasteiger partial charge is 0.437 e. The lowest BCUT2D eigenvalue weighted by molar-refractivity contribution is 0.466. The molecule has 3 aromatic rings. The summed E-state index contributed by atoms with van der Waals surface area (Å²) in [6.07, 6.45) is 0. The van der Waals surface area contributed by atoms with Crippen LogP contribution in [-0.2, 0) is 6.54 Å². The van der Waals surface area contributed by atoms with Crippen molar-refractivity contribution in [2.45, 2.75) is 6.54 Å². The molecule has 0 radical (unpaired) electrons. The van der Waals surface area contributed by atoms with Crippen molar-refractivity contribution in [1.29, 1.82) is 0 Å². The van der Waals surface area contributed by atoms with E-state index in [2.05, 4.69) is 22.4 Å². The minimum atomic E-state index is 0.572. The van der Waals surface area contributed by atoms with E-state index in [1.807, 2.05) is 43.4 Å². The van der Waals surface area contributed by atoms with Gasteiger partial charge in [0.15, 0.2) is 0 Å². The summed E-state index contributed by atoms with van der Waals surface area (Å²) in [7, 11) is 1.89. The number of aromatic nitrogens is 1. The summed E-state index contributed by atoms with van der Waals surface area (Å²) in [6.45, 7) is 0.684. The molecule has 106 valence electrons. The van der Waals surface area contributed by atoms with Gasteiger partial charge in [-0.25, -0.2) is 4.98 Å². The predicted octanol–water partition coefficient (Wildman–Crippen LogP) is 4.40. The molecule has 0 fully saturated rings. The minimum Gasteiger partial charge on any atom is -0.437 e. The van der Waals surface area contributed by atoms with Gasteiger partial charge < -0.3 is 10.1 Å². The number of rotatable bonds is 4. The average molecular weight is 299 g/mol. The smallest absolute Gasteiger partial charge is 0.227 e. The topological polar surface area (TPSA) is 34.1 Å². The molecular weight excluding hydrogens is 284 g/mol. The van der Waals surface area contributed by atoms with Gasteiger partial charge in [-0.05, 0) is 36.7 Å². The summed E-state index contributed by atoms with van der Waals surface area (Å²) in [4.78, 5) is 4.58. The zero-order valence-electron chi connectivity index (χ0n) is 11.6. The number of benzene rings is 2. The van der Waals surface area contributed by atoms with E-state index < -0.39 is 0 Å². The Labute approximate surface area is 128 Å². The Morgan fingerprint density at radius 3 is 2.67 bits per heavy atom. The molecule has 2 aromatic carbocycles. The fraction of sp³-hybridized carbons (Fsp3) is 0.118. The number of fused-ring (bicyclic) bond motifs is 1. The fourth-order valence-corrected chi connectivity index (χ4v) is 2.38. The highest BCUT2D eigenvalue weighted by Gasteiger charge is 2.09. The summed E-state index contributed by atoms with van der Waals surface area (Å²) in [6, 6.07) is 17.5. The molecule has 1 N–H and O–H groups in total. The summed E-state index contributed by atoms with van der Waals surface area (Å²) >= 11 is 6.16. The van der Waals surface area contributed by atoms with E-state index in [4.69, 9.17) is 16.3 Å². The normalized spacial score (nSPS) is 10.8. The van der Waals surface area contributed by atoms with Crippen molar-refractivity contribution in [3.8, 4) is 11.6 Å². The molecule has 0 aliphatic carbocycles. The van der Waals surface area contributed by atoms with Gasteiger partial charge in [-0.2, -0.15) is 0 Å². The second-order valence-corrected chi connectivity index (χ2v) is 5.11. The van der Waals surface area contributed by atoms with Crippen molar-refractivity contribution in [3.63, 3.8) is 0 Å². The van der Waals surface area contributed by atoms with E-state index in [-0.39, 0.29) is 0 Å². The van der Waals surface area contributed by atoms with Gasteiger partial charge in [0.1, 0.15) is 5.75 Å². The molecule has 1 heterocycles.